The summed E-state index contributed by atoms with van der Waals surface area (Å²) in [5.74, 6) is 0.302. The Morgan fingerprint density at radius 2 is 1.54 bits per heavy atom. The van der Waals surface area contributed by atoms with Crippen molar-refractivity contribution >= 4 is 35.0 Å². The number of benzene rings is 3. The van der Waals surface area contributed by atoms with E-state index < -0.39 is 6.04 Å². The molecule has 0 bridgehead atoms. The summed E-state index contributed by atoms with van der Waals surface area (Å²) in [6.45, 7) is 4.61. The number of amides is 2. The van der Waals surface area contributed by atoms with Crippen LogP contribution in [0, 0.1) is 0 Å². The highest BCUT2D eigenvalue weighted by molar-refractivity contribution is 6.42. The molecule has 0 aromatic heterocycles. The van der Waals surface area contributed by atoms with Gasteiger partial charge in [0.25, 0.3) is 0 Å². The molecule has 6 heteroatoms. The topological polar surface area (TPSA) is 49.4 Å². The van der Waals surface area contributed by atoms with Crippen LogP contribution in [0.2, 0.25) is 10.0 Å². The lowest BCUT2D eigenvalue weighted by Gasteiger charge is -2.32. The summed E-state index contributed by atoms with van der Waals surface area (Å²) in [4.78, 5) is 29.4. The molecule has 4 nitrogen and oxygen atoms in total. The lowest BCUT2D eigenvalue weighted by atomic mass is 9.99. The van der Waals surface area contributed by atoms with Crippen LogP contribution in [0.1, 0.15) is 74.1 Å². The van der Waals surface area contributed by atoms with Gasteiger partial charge in [0.1, 0.15) is 6.04 Å². The van der Waals surface area contributed by atoms with E-state index >= 15 is 0 Å². The van der Waals surface area contributed by atoms with Crippen molar-refractivity contribution < 1.29 is 9.59 Å². The van der Waals surface area contributed by atoms with E-state index in [1.807, 2.05) is 36.4 Å². The fraction of sp³-hybridized carbons (Fsp3) is 0.394. The molecule has 0 radical (unpaired) electrons. The number of nitrogens with one attached hydrogen (secondary N) is 1. The molecule has 0 aliphatic heterocycles. The Morgan fingerprint density at radius 3 is 2.18 bits per heavy atom. The highest BCUT2D eigenvalue weighted by Crippen LogP contribution is 2.25. The van der Waals surface area contributed by atoms with E-state index in [0.717, 1.165) is 42.4 Å². The van der Waals surface area contributed by atoms with Crippen molar-refractivity contribution in [3.05, 3.63) is 105 Å². The molecule has 1 saturated carbocycles. The predicted octanol–water partition coefficient (Wildman–Crippen LogP) is 7.75. The van der Waals surface area contributed by atoms with Gasteiger partial charge in [-0.15, -0.1) is 0 Å². The molecule has 39 heavy (non-hydrogen) atoms. The summed E-state index contributed by atoms with van der Waals surface area (Å²) < 4.78 is 0. The van der Waals surface area contributed by atoms with Crippen molar-refractivity contribution in [2.24, 2.45) is 0 Å². The first kappa shape index (κ1) is 29.2. The summed E-state index contributed by atoms with van der Waals surface area (Å²) in [6, 6.07) is 23.3. The van der Waals surface area contributed by atoms with Gasteiger partial charge in [0.15, 0.2) is 0 Å². The lowest BCUT2D eigenvalue weighted by Crippen LogP contribution is -2.52. The molecule has 0 heterocycles. The quantitative estimate of drug-likeness (QED) is 0.259. The maximum absolute atomic E-state index is 13.9. The molecule has 1 aliphatic carbocycles. The van der Waals surface area contributed by atoms with Crippen LogP contribution in [0.4, 0.5) is 0 Å². The third-order valence-corrected chi connectivity index (χ3v) is 8.32. The molecule has 1 atom stereocenters. The number of rotatable bonds is 11. The van der Waals surface area contributed by atoms with Gasteiger partial charge in [-0.2, -0.15) is 0 Å². The fourth-order valence-electron chi connectivity index (χ4n) is 5.22. The van der Waals surface area contributed by atoms with Crippen LogP contribution < -0.4 is 5.32 Å². The lowest BCUT2D eigenvalue weighted by molar-refractivity contribution is -0.141. The molecule has 1 aliphatic rings. The maximum Gasteiger partial charge on any atom is 0.243 e. The number of halogens is 2. The molecule has 1 unspecified atom stereocenters. The molecule has 1 N–H and O–H groups in total. The minimum absolute atomic E-state index is 0.0588. The van der Waals surface area contributed by atoms with Crippen LogP contribution in [-0.4, -0.2) is 28.8 Å². The second kappa shape index (κ2) is 14.0. The maximum atomic E-state index is 13.9. The third-order valence-electron chi connectivity index (χ3n) is 7.58. The van der Waals surface area contributed by atoms with Gasteiger partial charge in [-0.3, -0.25) is 9.59 Å². The SMILES string of the molecule is CC(C)c1ccc(CCC(=O)N(Cc2ccc(Cl)c(Cl)c2)C(Cc2ccccc2)C(=O)NC2CCCC2)cc1. The van der Waals surface area contributed by atoms with E-state index in [1.54, 1.807) is 17.0 Å². The van der Waals surface area contributed by atoms with Crippen molar-refractivity contribution in [1.29, 1.82) is 0 Å². The zero-order valence-corrected chi connectivity index (χ0v) is 24.3. The highest BCUT2D eigenvalue weighted by Gasteiger charge is 2.32. The standard InChI is InChI=1S/C33H38Cl2N2O2/c1-23(2)27-16-12-24(13-17-27)15-19-32(38)37(22-26-14-18-29(34)30(35)20-26)31(21-25-8-4-3-5-9-25)33(39)36-28-10-6-7-11-28/h3-5,8-9,12-14,16-18,20,23,28,31H,6-7,10-11,15,19,21-22H2,1-2H3,(H,36,39). The zero-order valence-electron chi connectivity index (χ0n) is 22.8. The van der Waals surface area contributed by atoms with Crippen molar-refractivity contribution in [1.82, 2.24) is 10.2 Å². The van der Waals surface area contributed by atoms with Gasteiger partial charge in [-0.25, -0.2) is 0 Å². The first-order valence-corrected chi connectivity index (χ1v) is 14.7. The molecular weight excluding hydrogens is 527 g/mol. The Kier molecular flexibility index (Phi) is 10.5. The Morgan fingerprint density at radius 1 is 0.872 bits per heavy atom. The Balaban J connectivity index is 1.60. The Hall–Kier alpha value is -2.82. The summed E-state index contributed by atoms with van der Waals surface area (Å²) in [7, 11) is 0. The summed E-state index contributed by atoms with van der Waals surface area (Å²) in [5, 5.41) is 4.14. The Labute approximate surface area is 242 Å². The molecule has 3 aromatic rings. The first-order chi connectivity index (χ1) is 18.8. The molecule has 4 rings (SSSR count). The minimum atomic E-state index is -0.640. The highest BCUT2D eigenvalue weighted by atomic mass is 35.5. The molecule has 0 spiro atoms. The summed E-state index contributed by atoms with van der Waals surface area (Å²) in [5.41, 5.74) is 4.24. The zero-order chi connectivity index (χ0) is 27.8. The number of carbonyl (C=O) groups excluding carboxylic acids is 2. The van der Waals surface area contributed by atoms with Crippen LogP contribution >= 0.6 is 23.2 Å². The average Bonchev–Trinajstić information content (AvgIpc) is 3.45. The molecular formula is C33H38Cl2N2O2. The predicted molar refractivity (Wildman–Crippen MR) is 160 cm³/mol. The largest absolute Gasteiger partial charge is 0.352 e. The van der Waals surface area contributed by atoms with Gasteiger partial charge in [0.2, 0.25) is 11.8 Å². The monoisotopic (exact) mass is 564 g/mol. The molecule has 3 aromatic carbocycles. The third kappa shape index (κ3) is 8.33. The van der Waals surface area contributed by atoms with Crippen LogP contribution in [-0.2, 0) is 29.0 Å². The van der Waals surface area contributed by atoms with Crippen molar-refractivity contribution in [2.75, 3.05) is 0 Å². The van der Waals surface area contributed by atoms with Crippen LogP contribution in [0.3, 0.4) is 0 Å². The molecule has 0 saturated heterocycles. The summed E-state index contributed by atoms with van der Waals surface area (Å²) in [6.07, 6.45) is 5.57. The molecule has 1 fully saturated rings. The second-order valence-electron chi connectivity index (χ2n) is 10.9. The van der Waals surface area contributed by atoms with Crippen molar-refractivity contribution in [3.8, 4) is 0 Å². The van der Waals surface area contributed by atoms with E-state index in [4.69, 9.17) is 23.2 Å². The van der Waals surface area contributed by atoms with Gasteiger partial charge in [0, 0.05) is 25.4 Å². The number of carbonyl (C=O) groups is 2. The van der Waals surface area contributed by atoms with Crippen molar-refractivity contribution in [2.45, 2.75) is 83.3 Å². The van der Waals surface area contributed by atoms with Crippen LogP contribution in [0.25, 0.3) is 0 Å². The fourth-order valence-corrected chi connectivity index (χ4v) is 5.54. The van der Waals surface area contributed by atoms with E-state index in [0.29, 0.717) is 35.2 Å². The van der Waals surface area contributed by atoms with Gasteiger partial charge < -0.3 is 10.2 Å². The van der Waals surface area contributed by atoms with Crippen LogP contribution in [0.5, 0.6) is 0 Å². The number of hydrogen-bond donors (Lipinski definition) is 1. The number of hydrogen-bond acceptors (Lipinski definition) is 2. The number of nitrogens with zero attached hydrogens (tertiary/aromatic N) is 1. The van der Waals surface area contributed by atoms with E-state index in [-0.39, 0.29) is 24.4 Å². The van der Waals surface area contributed by atoms with Gasteiger partial charge >= 0.3 is 0 Å². The van der Waals surface area contributed by atoms with Gasteiger partial charge in [-0.1, -0.05) is 111 Å². The average molecular weight is 566 g/mol. The first-order valence-electron chi connectivity index (χ1n) is 14.0. The number of aryl methyl sites for hydroxylation is 1. The van der Waals surface area contributed by atoms with E-state index in [2.05, 4.69) is 43.4 Å². The van der Waals surface area contributed by atoms with Gasteiger partial charge in [-0.05, 0) is 59.6 Å². The Bertz CT molecular complexity index is 1240. The normalized spacial score (nSPS) is 14.4. The van der Waals surface area contributed by atoms with E-state index in [9.17, 15) is 9.59 Å². The molecule has 206 valence electrons. The second-order valence-corrected chi connectivity index (χ2v) is 11.7. The molecule has 2 amide bonds. The van der Waals surface area contributed by atoms with Crippen LogP contribution in [0.15, 0.2) is 72.8 Å². The smallest absolute Gasteiger partial charge is 0.243 e. The minimum Gasteiger partial charge on any atom is -0.352 e. The van der Waals surface area contributed by atoms with Crippen molar-refractivity contribution in [3.63, 3.8) is 0 Å². The van der Waals surface area contributed by atoms with Gasteiger partial charge in [0.05, 0.1) is 10.0 Å². The van der Waals surface area contributed by atoms with E-state index in [1.165, 1.54) is 5.56 Å². The summed E-state index contributed by atoms with van der Waals surface area (Å²) >= 11 is 12.5.